The molecule has 124 valence electrons. The number of nitrogens with one attached hydrogen (secondary N) is 3. The monoisotopic (exact) mass is 313 g/mol. The van der Waals surface area contributed by atoms with Crippen molar-refractivity contribution in [2.45, 2.75) is 38.3 Å². The summed E-state index contributed by atoms with van der Waals surface area (Å²) < 4.78 is 0. The Balaban J connectivity index is 2.65. The predicted octanol–water partition coefficient (Wildman–Crippen LogP) is -1.52. The number of hydrogen-bond donors (Lipinski definition) is 5. The summed E-state index contributed by atoms with van der Waals surface area (Å²) in [6.07, 6.45) is 0.720. The SMILES string of the molecule is CC(=O)[C@H](CCCNC(=N)N)N1CCN[C@@H](CC(=O)O)C1=O. The summed E-state index contributed by atoms with van der Waals surface area (Å²) in [6, 6.07) is -1.36. The van der Waals surface area contributed by atoms with Crippen molar-refractivity contribution in [3.8, 4) is 0 Å². The van der Waals surface area contributed by atoms with E-state index in [1.54, 1.807) is 0 Å². The highest BCUT2D eigenvalue weighted by Crippen LogP contribution is 2.14. The normalized spacial score (nSPS) is 19.6. The lowest BCUT2D eigenvalue weighted by Gasteiger charge is -2.37. The highest BCUT2D eigenvalue weighted by atomic mass is 16.4. The second-order valence-electron chi connectivity index (χ2n) is 5.25. The largest absolute Gasteiger partial charge is 0.481 e. The third kappa shape index (κ3) is 5.32. The van der Waals surface area contributed by atoms with Crippen molar-refractivity contribution < 1.29 is 19.5 Å². The van der Waals surface area contributed by atoms with Gasteiger partial charge in [-0.2, -0.15) is 0 Å². The van der Waals surface area contributed by atoms with E-state index in [2.05, 4.69) is 10.6 Å². The molecule has 0 aliphatic carbocycles. The molecule has 0 bridgehead atoms. The lowest BCUT2D eigenvalue weighted by atomic mass is 10.0. The summed E-state index contributed by atoms with van der Waals surface area (Å²) in [4.78, 5) is 36.4. The lowest BCUT2D eigenvalue weighted by molar-refractivity contribution is -0.147. The van der Waals surface area contributed by atoms with Gasteiger partial charge in [-0.15, -0.1) is 0 Å². The van der Waals surface area contributed by atoms with E-state index in [-0.39, 0.29) is 24.1 Å². The highest BCUT2D eigenvalue weighted by Gasteiger charge is 2.35. The average molecular weight is 313 g/mol. The molecular weight excluding hydrogens is 290 g/mol. The fraction of sp³-hybridized carbons (Fsp3) is 0.692. The van der Waals surface area contributed by atoms with E-state index in [0.29, 0.717) is 32.5 Å². The van der Waals surface area contributed by atoms with Crippen LogP contribution in [0.1, 0.15) is 26.2 Å². The molecule has 0 saturated carbocycles. The summed E-state index contributed by atoms with van der Waals surface area (Å²) in [5.41, 5.74) is 5.18. The number of nitrogens with zero attached hydrogens (tertiary/aromatic N) is 1. The van der Waals surface area contributed by atoms with Gasteiger partial charge in [-0.05, 0) is 19.8 Å². The van der Waals surface area contributed by atoms with Gasteiger partial charge in [0.1, 0.15) is 0 Å². The Hall–Kier alpha value is -2.16. The van der Waals surface area contributed by atoms with Gasteiger partial charge in [0.05, 0.1) is 18.5 Å². The van der Waals surface area contributed by atoms with Crippen LogP contribution in [-0.4, -0.2) is 65.3 Å². The molecule has 0 aromatic rings. The molecule has 6 N–H and O–H groups in total. The van der Waals surface area contributed by atoms with Gasteiger partial charge < -0.3 is 26.4 Å². The first-order chi connectivity index (χ1) is 10.3. The van der Waals surface area contributed by atoms with Gasteiger partial charge in [0.25, 0.3) is 0 Å². The molecule has 0 spiro atoms. The van der Waals surface area contributed by atoms with Crippen LogP contribution in [0.15, 0.2) is 0 Å². The van der Waals surface area contributed by atoms with Crippen molar-refractivity contribution in [2.75, 3.05) is 19.6 Å². The van der Waals surface area contributed by atoms with Crippen LogP contribution in [0.5, 0.6) is 0 Å². The maximum Gasteiger partial charge on any atom is 0.305 e. The molecule has 1 aliphatic heterocycles. The Morgan fingerprint density at radius 3 is 2.82 bits per heavy atom. The van der Waals surface area contributed by atoms with Gasteiger partial charge in [0, 0.05) is 19.6 Å². The fourth-order valence-corrected chi connectivity index (χ4v) is 2.50. The summed E-state index contributed by atoms with van der Waals surface area (Å²) in [5.74, 6) is -1.68. The first-order valence-corrected chi connectivity index (χ1v) is 7.17. The van der Waals surface area contributed by atoms with Crippen molar-refractivity contribution in [1.82, 2.24) is 15.5 Å². The van der Waals surface area contributed by atoms with Gasteiger partial charge in [0.2, 0.25) is 5.91 Å². The third-order valence-electron chi connectivity index (χ3n) is 3.52. The molecule has 1 heterocycles. The molecule has 22 heavy (non-hydrogen) atoms. The maximum absolute atomic E-state index is 12.3. The minimum atomic E-state index is -1.06. The summed E-state index contributed by atoms with van der Waals surface area (Å²) in [5, 5.41) is 21.4. The number of carboxylic acid groups (broad SMARTS) is 1. The Morgan fingerprint density at radius 2 is 2.27 bits per heavy atom. The quantitative estimate of drug-likeness (QED) is 0.207. The number of carbonyl (C=O) groups is 3. The third-order valence-corrected chi connectivity index (χ3v) is 3.52. The zero-order valence-electron chi connectivity index (χ0n) is 12.6. The number of piperazine rings is 1. The van der Waals surface area contributed by atoms with Gasteiger partial charge in [-0.3, -0.25) is 19.8 Å². The van der Waals surface area contributed by atoms with E-state index in [0.717, 1.165) is 0 Å². The first kappa shape index (κ1) is 17.9. The Bertz CT molecular complexity index is 454. The van der Waals surface area contributed by atoms with Crippen LogP contribution < -0.4 is 16.4 Å². The van der Waals surface area contributed by atoms with Crippen LogP contribution in [0, 0.1) is 5.41 Å². The molecular formula is C13H23N5O4. The van der Waals surface area contributed by atoms with Crippen LogP contribution in [0.25, 0.3) is 0 Å². The average Bonchev–Trinajstić information content (AvgIpc) is 2.41. The number of ketones is 1. The Morgan fingerprint density at radius 1 is 1.59 bits per heavy atom. The maximum atomic E-state index is 12.3. The Kier molecular flexibility index (Phi) is 6.77. The van der Waals surface area contributed by atoms with E-state index in [9.17, 15) is 14.4 Å². The van der Waals surface area contributed by atoms with Gasteiger partial charge in [-0.1, -0.05) is 0 Å². The number of Topliss-reactive ketones (excluding diaryl/α,β-unsaturated/α-hetero) is 1. The highest BCUT2D eigenvalue weighted by molar-refractivity contribution is 5.92. The molecule has 1 fully saturated rings. The van der Waals surface area contributed by atoms with Crippen molar-refractivity contribution in [2.24, 2.45) is 5.73 Å². The van der Waals surface area contributed by atoms with E-state index in [1.807, 2.05) is 0 Å². The molecule has 0 aromatic carbocycles. The van der Waals surface area contributed by atoms with Gasteiger partial charge in [0.15, 0.2) is 11.7 Å². The topological polar surface area (TPSA) is 149 Å². The molecule has 0 radical (unpaired) electrons. The number of aliphatic carboxylic acids is 1. The van der Waals surface area contributed by atoms with Gasteiger partial charge >= 0.3 is 5.97 Å². The zero-order chi connectivity index (χ0) is 16.7. The second kappa shape index (κ2) is 8.32. The van der Waals surface area contributed by atoms with Crippen molar-refractivity contribution in [3.63, 3.8) is 0 Å². The fourth-order valence-electron chi connectivity index (χ4n) is 2.50. The molecule has 1 aliphatic rings. The second-order valence-corrected chi connectivity index (χ2v) is 5.25. The van der Waals surface area contributed by atoms with E-state index in [4.69, 9.17) is 16.2 Å². The molecule has 1 rings (SSSR count). The van der Waals surface area contributed by atoms with E-state index in [1.165, 1.54) is 11.8 Å². The number of carboxylic acids is 1. The number of rotatable bonds is 8. The lowest BCUT2D eigenvalue weighted by Crippen LogP contribution is -2.59. The predicted molar refractivity (Wildman–Crippen MR) is 79.4 cm³/mol. The van der Waals surface area contributed by atoms with Crippen LogP contribution >= 0.6 is 0 Å². The minimum Gasteiger partial charge on any atom is -0.481 e. The molecule has 9 nitrogen and oxygen atoms in total. The Labute approximate surface area is 128 Å². The van der Waals surface area contributed by atoms with Crippen molar-refractivity contribution in [3.05, 3.63) is 0 Å². The van der Waals surface area contributed by atoms with Gasteiger partial charge in [-0.25, -0.2) is 0 Å². The van der Waals surface area contributed by atoms with Crippen LogP contribution in [0.4, 0.5) is 0 Å². The molecule has 9 heteroatoms. The number of carbonyl (C=O) groups excluding carboxylic acids is 2. The minimum absolute atomic E-state index is 0.132. The molecule has 1 amide bonds. The number of hydrogen-bond acceptors (Lipinski definition) is 5. The number of guanidine groups is 1. The van der Waals surface area contributed by atoms with Crippen molar-refractivity contribution in [1.29, 1.82) is 5.41 Å². The standard InChI is InChI=1S/C13H23N5O4/c1-8(19)10(3-2-4-17-13(14)15)18-6-5-16-9(12(18)22)7-11(20)21/h9-10,16H,2-7H2,1H3,(H,20,21)(H4,14,15,17)/t9-,10-/m0/s1. The van der Waals surface area contributed by atoms with Crippen LogP contribution in [-0.2, 0) is 14.4 Å². The first-order valence-electron chi connectivity index (χ1n) is 7.17. The summed E-state index contributed by atoms with van der Waals surface area (Å²) >= 11 is 0. The molecule has 1 saturated heterocycles. The summed E-state index contributed by atoms with van der Waals surface area (Å²) in [7, 11) is 0. The molecule has 0 aromatic heterocycles. The van der Waals surface area contributed by atoms with E-state index >= 15 is 0 Å². The zero-order valence-corrected chi connectivity index (χ0v) is 12.6. The van der Waals surface area contributed by atoms with E-state index < -0.39 is 18.1 Å². The number of amides is 1. The smallest absolute Gasteiger partial charge is 0.305 e. The van der Waals surface area contributed by atoms with Crippen molar-refractivity contribution >= 4 is 23.6 Å². The summed E-state index contributed by atoms with van der Waals surface area (Å²) in [6.45, 7) is 2.70. The molecule has 2 atom stereocenters. The van der Waals surface area contributed by atoms with Crippen LogP contribution in [0.3, 0.4) is 0 Å². The van der Waals surface area contributed by atoms with Crippen LogP contribution in [0.2, 0.25) is 0 Å². The number of nitrogens with two attached hydrogens (primary N) is 1. The molecule has 0 unspecified atom stereocenters.